The minimum absolute atomic E-state index is 0.0916. The molecule has 19 heavy (non-hydrogen) atoms. The lowest BCUT2D eigenvalue weighted by Crippen LogP contribution is -2.47. The molecule has 0 aliphatic carbocycles. The van der Waals surface area contributed by atoms with E-state index in [0.717, 1.165) is 17.7 Å². The molecule has 0 radical (unpaired) electrons. The van der Waals surface area contributed by atoms with E-state index >= 15 is 0 Å². The Morgan fingerprint density at radius 2 is 2.21 bits per heavy atom. The zero-order chi connectivity index (χ0) is 13.7. The van der Waals surface area contributed by atoms with Gasteiger partial charge in [0.15, 0.2) is 0 Å². The molecule has 1 aromatic heterocycles. The molecule has 1 fully saturated rings. The van der Waals surface area contributed by atoms with Crippen molar-refractivity contribution in [3.8, 4) is 0 Å². The van der Waals surface area contributed by atoms with Gasteiger partial charge in [0.2, 0.25) is 5.91 Å². The Balaban J connectivity index is 1.79. The van der Waals surface area contributed by atoms with Crippen LogP contribution in [-0.2, 0) is 9.53 Å². The van der Waals surface area contributed by atoms with Crippen LogP contribution in [0.25, 0.3) is 0 Å². The number of thiophene rings is 1. The number of carbonyl (C=O) groups is 2. The molecule has 0 aromatic carbocycles. The summed E-state index contributed by atoms with van der Waals surface area (Å²) in [6.45, 7) is 1.47. The molecule has 1 aliphatic heterocycles. The maximum Gasteiger partial charge on any atom is 0.263 e. The van der Waals surface area contributed by atoms with Crippen molar-refractivity contribution >= 4 is 23.2 Å². The summed E-state index contributed by atoms with van der Waals surface area (Å²) in [5, 5.41) is 4.82. The summed E-state index contributed by atoms with van der Waals surface area (Å²) < 4.78 is 4.78. The summed E-state index contributed by atoms with van der Waals surface area (Å²) in [6, 6.07) is 3.88. The van der Waals surface area contributed by atoms with Crippen molar-refractivity contribution in [2.45, 2.75) is 18.9 Å². The Morgan fingerprint density at radius 3 is 2.79 bits per heavy atom. The maximum absolute atomic E-state index is 12.1. The summed E-state index contributed by atoms with van der Waals surface area (Å²) in [5.41, 5.74) is 0. The Kier molecular flexibility index (Phi) is 4.93. The number of rotatable bonds is 4. The van der Waals surface area contributed by atoms with Crippen LogP contribution < -0.4 is 5.32 Å². The second-order valence-corrected chi connectivity index (χ2v) is 5.49. The first kappa shape index (κ1) is 14.0. The average molecular weight is 282 g/mol. The number of ether oxygens (including phenoxy) is 1. The van der Waals surface area contributed by atoms with Crippen molar-refractivity contribution in [1.29, 1.82) is 0 Å². The topological polar surface area (TPSA) is 58.6 Å². The molecule has 1 saturated heterocycles. The second-order valence-electron chi connectivity index (χ2n) is 4.54. The van der Waals surface area contributed by atoms with Crippen molar-refractivity contribution in [3.05, 3.63) is 22.4 Å². The summed E-state index contributed by atoms with van der Waals surface area (Å²) in [4.78, 5) is 26.2. The zero-order valence-electron chi connectivity index (χ0n) is 10.9. The van der Waals surface area contributed by atoms with Crippen LogP contribution in [-0.4, -0.2) is 49.6 Å². The number of amides is 2. The Hall–Kier alpha value is -1.40. The van der Waals surface area contributed by atoms with Crippen molar-refractivity contribution < 1.29 is 14.3 Å². The van der Waals surface area contributed by atoms with Crippen LogP contribution in [0.1, 0.15) is 22.5 Å². The number of nitrogens with one attached hydrogen (secondary N) is 1. The number of carbonyl (C=O) groups excluding carboxylic acids is 2. The van der Waals surface area contributed by atoms with Crippen LogP contribution in [0.3, 0.4) is 0 Å². The van der Waals surface area contributed by atoms with E-state index in [1.165, 1.54) is 18.4 Å². The van der Waals surface area contributed by atoms with Crippen molar-refractivity contribution in [3.63, 3.8) is 0 Å². The first-order chi connectivity index (χ1) is 9.20. The van der Waals surface area contributed by atoms with Gasteiger partial charge in [-0.3, -0.25) is 9.59 Å². The third kappa shape index (κ3) is 3.78. The van der Waals surface area contributed by atoms with E-state index in [0.29, 0.717) is 13.1 Å². The molecule has 1 aliphatic rings. The molecule has 1 aromatic rings. The number of piperidine rings is 1. The molecule has 104 valence electrons. The van der Waals surface area contributed by atoms with Gasteiger partial charge in [0.05, 0.1) is 4.88 Å². The van der Waals surface area contributed by atoms with E-state index in [4.69, 9.17) is 4.74 Å². The minimum Gasteiger partial charge on any atom is -0.375 e. The van der Waals surface area contributed by atoms with Crippen LogP contribution in [0.4, 0.5) is 0 Å². The van der Waals surface area contributed by atoms with Gasteiger partial charge in [0.25, 0.3) is 5.91 Å². The molecule has 0 spiro atoms. The number of nitrogens with zero attached hydrogens (tertiary/aromatic N) is 1. The molecule has 2 rings (SSSR count). The van der Waals surface area contributed by atoms with Crippen molar-refractivity contribution in [2.24, 2.45) is 0 Å². The molecule has 0 atom stereocenters. The highest BCUT2D eigenvalue weighted by atomic mass is 32.1. The van der Waals surface area contributed by atoms with Crippen molar-refractivity contribution in [1.82, 2.24) is 10.2 Å². The van der Waals surface area contributed by atoms with E-state index in [-0.39, 0.29) is 24.5 Å². The van der Waals surface area contributed by atoms with Gasteiger partial charge in [0.1, 0.15) is 6.61 Å². The minimum atomic E-state index is -0.0921. The molecule has 1 N–H and O–H groups in total. The zero-order valence-corrected chi connectivity index (χ0v) is 11.7. The van der Waals surface area contributed by atoms with Gasteiger partial charge < -0.3 is 15.0 Å². The number of hydrogen-bond acceptors (Lipinski definition) is 4. The van der Waals surface area contributed by atoms with Gasteiger partial charge in [-0.25, -0.2) is 0 Å². The fourth-order valence-corrected chi connectivity index (χ4v) is 2.87. The molecular weight excluding hydrogens is 264 g/mol. The third-order valence-corrected chi connectivity index (χ3v) is 4.01. The van der Waals surface area contributed by atoms with Gasteiger partial charge in [-0.2, -0.15) is 0 Å². The predicted molar refractivity (Wildman–Crippen MR) is 73.3 cm³/mol. The van der Waals surface area contributed by atoms with Crippen molar-refractivity contribution in [2.75, 3.05) is 26.8 Å². The molecule has 0 saturated carbocycles. The summed E-state index contributed by atoms with van der Waals surface area (Å²) >= 11 is 1.47. The lowest BCUT2D eigenvalue weighted by Gasteiger charge is -2.32. The molecule has 5 nitrogen and oxygen atoms in total. The van der Waals surface area contributed by atoms with E-state index in [1.807, 2.05) is 22.4 Å². The van der Waals surface area contributed by atoms with Gasteiger partial charge in [0, 0.05) is 26.2 Å². The van der Waals surface area contributed by atoms with Crippen LogP contribution in [0.2, 0.25) is 0 Å². The average Bonchev–Trinajstić information content (AvgIpc) is 2.93. The molecular formula is C13H18N2O3S. The molecule has 2 amide bonds. The maximum atomic E-state index is 12.1. The summed E-state index contributed by atoms with van der Waals surface area (Å²) in [7, 11) is 1.50. The standard InChI is InChI=1S/C13H18N2O3S/c1-18-9-12(16)14-10-4-6-15(7-5-10)13(17)11-3-2-8-19-11/h2-3,8,10H,4-7,9H2,1H3,(H,14,16). The van der Waals surface area contributed by atoms with Gasteiger partial charge >= 0.3 is 0 Å². The predicted octanol–water partition coefficient (Wildman–Crippen LogP) is 1.12. The molecule has 2 heterocycles. The van der Waals surface area contributed by atoms with Crippen LogP contribution in [0, 0.1) is 0 Å². The SMILES string of the molecule is COCC(=O)NC1CCN(C(=O)c2cccs2)CC1. The second kappa shape index (κ2) is 6.68. The summed E-state index contributed by atoms with van der Waals surface area (Å²) in [6.07, 6.45) is 1.60. The van der Waals surface area contributed by atoms with E-state index in [2.05, 4.69) is 5.32 Å². The lowest BCUT2D eigenvalue weighted by molar-refractivity contribution is -0.125. The lowest BCUT2D eigenvalue weighted by atomic mass is 10.0. The third-order valence-electron chi connectivity index (χ3n) is 3.15. The Morgan fingerprint density at radius 1 is 1.47 bits per heavy atom. The molecule has 0 bridgehead atoms. The summed E-state index contributed by atoms with van der Waals surface area (Å²) in [5.74, 6) is 0.00204. The normalized spacial score (nSPS) is 16.4. The van der Waals surface area contributed by atoms with Gasteiger partial charge in [-0.05, 0) is 24.3 Å². The number of hydrogen-bond donors (Lipinski definition) is 1. The smallest absolute Gasteiger partial charge is 0.263 e. The van der Waals surface area contributed by atoms with E-state index in [1.54, 1.807) is 0 Å². The highest BCUT2D eigenvalue weighted by Gasteiger charge is 2.24. The number of methoxy groups -OCH3 is 1. The quantitative estimate of drug-likeness (QED) is 0.900. The molecule has 0 unspecified atom stereocenters. The van der Waals surface area contributed by atoms with E-state index < -0.39 is 0 Å². The molecule has 6 heteroatoms. The van der Waals surface area contributed by atoms with E-state index in [9.17, 15) is 9.59 Å². The van der Waals surface area contributed by atoms with Crippen LogP contribution >= 0.6 is 11.3 Å². The Bertz CT molecular complexity index is 425. The largest absolute Gasteiger partial charge is 0.375 e. The highest BCUT2D eigenvalue weighted by molar-refractivity contribution is 7.12. The van der Waals surface area contributed by atoms with Crippen LogP contribution in [0.15, 0.2) is 17.5 Å². The monoisotopic (exact) mass is 282 g/mol. The Labute approximate surface area is 116 Å². The van der Waals surface area contributed by atoms with Crippen LogP contribution in [0.5, 0.6) is 0 Å². The highest BCUT2D eigenvalue weighted by Crippen LogP contribution is 2.16. The number of likely N-dealkylation sites (tertiary alicyclic amines) is 1. The first-order valence-electron chi connectivity index (χ1n) is 6.32. The first-order valence-corrected chi connectivity index (χ1v) is 7.19. The fourth-order valence-electron chi connectivity index (χ4n) is 2.18. The fraction of sp³-hybridized carbons (Fsp3) is 0.538. The van der Waals surface area contributed by atoms with Gasteiger partial charge in [-0.1, -0.05) is 6.07 Å². The van der Waals surface area contributed by atoms with Gasteiger partial charge in [-0.15, -0.1) is 11.3 Å².